The topological polar surface area (TPSA) is 29.5 Å². The van der Waals surface area contributed by atoms with Gasteiger partial charge in [-0.2, -0.15) is 0 Å². The molecule has 0 radical (unpaired) electrons. The van der Waals surface area contributed by atoms with Gasteiger partial charge in [-0.1, -0.05) is 56.7 Å². The van der Waals surface area contributed by atoms with Crippen molar-refractivity contribution in [3.63, 3.8) is 0 Å². The molecule has 1 aromatic rings. The highest BCUT2D eigenvalue weighted by molar-refractivity contribution is 5.28. The molecule has 2 nitrogen and oxygen atoms in total. The van der Waals surface area contributed by atoms with Crippen molar-refractivity contribution in [3.05, 3.63) is 47.0 Å². The molecule has 2 aliphatic carbocycles. The number of allylic oxidation sites excluding steroid dienone is 1. The third kappa shape index (κ3) is 2.95. The summed E-state index contributed by atoms with van der Waals surface area (Å²) in [5.41, 5.74) is 4.22. The largest absolute Gasteiger partial charge is 0.392 e. The molecule has 132 valence electrons. The number of fused-ring (bicyclic) bond motifs is 1. The van der Waals surface area contributed by atoms with E-state index in [0.717, 1.165) is 19.3 Å². The Morgan fingerprint density at radius 1 is 1.12 bits per heavy atom. The molecule has 3 atom stereocenters. The van der Waals surface area contributed by atoms with Crippen molar-refractivity contribution in [3.8, 4) is 0 Å². The van der Waals surface area contributed by atoms with Crippen molar-refractivity contribution in [2.75, 3.05) is 6.61 Å². The predicted molar refractivity (Wildman–Crippen MR) is 98.7 cm³/mol. The molecule has 3 rings (SSSR count). The summed E-state index contributed by atoms with van der Waals surface area (Å²) in [6, 6.07) is 10.5. The van der Waals surface area contributed by atoms with Gasteiger partial charge in [0.2, 0.25) is 0 Å². The third-order valence-electron chi connectivity index (χ3n) is 6.89. The Balaban J connectivity index is 1.78. The zero-order valence-electron chi connectivity index (χ0n) is 15.6. The van der Waals surface area contributed by atoms with Gasteiger partial charge < -0.3 is 9.84 Å². The summed E-state index contributed by atoms with van der Waals surface area (Å²) in [6.07, 6.45) is 4.81. The lowest BCUT2D eigenvalue weighted by atomic mass is 9.49. The lowest BCUT2D eigenvalue weighted by Gasteiger charge is -2.57. The minimum atomic E-state index is 0.128. The van der Waals surface area contributed by atoms with Crippen LogP contribution in [0.15, 0.2) is 41.5 Å². The first kappa shape index (κ1) is 17.7. The van der Waals surface area contributed by atoms with Crippen molar-refractivity contribution in [2.45, 2.75) is 66.1 Å². The first-order valence-electron chi connectivity index (χ1n) is 9.35. The SMILES string of the molecule is CC1=C(CO)[C@@]2(C)CC[C@H](OCc3ccccc3)C(C)(C)[C@@H]2CC1. The van der Waals surface area contributed by atoms with Crippen molar-refractivity contribution in [1.82, 2.24) is 0 Å². The van der Waals surface area contributed by atoms with Gasteiger partial charge in [-0.25, -0.2) is 0 Å². The second-order valence-corrected chi connectivity index (χ2v) is 8.57. The molecule has 0 heterocycles. The van der Waals surface area contributed by atoms with E-state index in [-0.39, 0.29) is 23.5 Å². The number of ether oxygens (including phenoxy) is 1. The van der Waals surface area contributed by atoms with Gasteiger partial charge in [0, 0.05) is 0 Å². The van der Waals surface area contributed by atoms with E-state index in [1.165, 1.54) is 23.1 Å². The Morgan fingerprint density at radius 2 is 1.83 bits per heavy atom. The molecule has 24 heavy (non-hydrogen) atoms. The van der Waals surface area contributed by atoms with Gasteiger partial charge in [-0.15, -0.1) is 0 Å². The van der Waals surface area contributed by atoms with Crippen LogP contribution >= 0.6 is 0 Å². The van der Waals surface area contributed by atoms with Crippen LogP contribution in [0, 0.1) is 16.7 Å². The zero-order chi connectivity index (χ0) is 17.4. The van der Waals surface area contributed by atoms with E-state index in [9.17, 15) is 5.11 Å². The summed E-state index contributed by atoms with van der Waals surface area (Å²) in [5.74, 6) is 0.574. The van der Waals surface area contributed by atoms with Gasteiger partial charge >= 0.3 is 0 Å². The maximum Gasteiger partial charge on any atom is 0.0720 e. The molecular formula is C22H32O2. The van der Waals surface area contributed by atoms with Crippen LogP contribution in [0.25, 0.3) is 0 Å². The molecule has 1 aromatic carbocycles. The number of rotatable bonds is 4. The van der Waals surface area contributed by atoms with Crippen molar-refractivity contribution < 1.29 is 9.84 Å². The smallest absolute Gasteiger partial charge is 0.0720 e. The van der Waals surface area contributed by atoms with Gasteiger partial charge in [-0.05, 0) is 60.5 Å². The van der Waals surface area contributed by atoms with Crippen LogP contribution in [0.5, 0.6) is 0 Å². The number of aliphatic hydroxyl groups is 1. The average Bonchev–Trinajstić information content (AvgIpc) is 2.54. The molecule has 1 fully saturated rings. The molecular weight excluding hydrogens is 296 g/mol. The van der Waals surface area contributed by atoms with Crippen LogP contribution in [0.3, 0.4) is 0 Å². The van der Waals surface area contributed by atoms with E-state index in [1.54, 1.807) is 0 Å². The van der Waals surface area contributed by atoms with Crippen molar-refractivity contribution >= 4 is 0 Å². The van der Waals surface area contributed by atoms with Gasteiger partial charge in [0.05, 0.1) is 19.3 Å². The predicted octanol–water partition coefficient (Wildman–Crippen LogP) is 5.12. The summed E-state index contributed by atoms with van der Waals surface area (Å²) < 4.78 is 6.40. The summed E-state index contributed by atoms with van der Waals surface area (Å²) in [6.45, 7) is 10.2. The highest BCUT2D eigenvalue weighted by Gasteiger charge is 2.54. The summed E-state index contributed by atoms with van der Waals surface area (Å²) in [7, 11) is 0. The molecule has 1 N–H and O–H groups in total. The van der Waals surface area contributed by atoms with Crippen LogP contribution in [-0.4, -0.2) is 17.8 Å². The Bertz CT molecular complexity index is 602. The van der Waals surface area contributed by atoms with Crippen LogP contribution in [0.1, 0.15) is 58.9 Å². The fourth-order valence-electron chi connectivity index (χ4n) is 5.46. The second kappa shape index (κ2) is 6.65. The minimum absolute atomic E-state index is 0.128. The Kier molecular flexibility index (Phi) is 4.90. The molecule has 2 heteroatoms. The van der Waals surface area contributed by atoms with Crippen molar-refractivity contribution in [2.24, 2.45) is 16.7 Å². The van der Waals surface area contributed by atoms with Crippen LogP contribution in [-0.2, 0) is 11.3 Å². The molecule has 0 bridgehead atoms. The fourth-order valence-corrected chi connectivity index (χ4v) is 5.46. The van der Waals surface area contributed by atoms with Gasteiger partial charge in [0.1, 0.15) is 0 Å². The average molecular weight is 328 g/mol. The molecule has 1 saturated carbocycles. The number of aliphatic hydroxyl groups excluding tert-OH is 1. The summed E-state index contributed by atoms with van der Waals surface area (Å²) in [4.78, 5) is 0. The van der Waals surface area contributed by atoms with Crippen LogP contribution in [0.4, 0.5) is 0 Å². The van der Waals surface area contributed by atoms with E-state index in [2.05, 4.69) is 52.0 Å². The number of benzene rings is 1. The maximum absolute atomic E-state index is 9.96. The molecule has 0 aromatic heterocycles. The Morgan fingerprint density at radius 3 is 2.50 bits per heavy atom. The standard InChI is InChI=1S/C22H32O2/c1-16-10-11-19-21(2,3)20(12-13-22(19,4)18(16)14-23)24-15-17-8-6-5-7-9-17/h5-9,19-20,23H,10-15H2,1-4H3/t19-,20-,22+/m0/s1. The van der Waals surface area contributed by atoms with E-state index >= 15 is 0 Å². The monoisotopic (exact) mass is 328 g/mol. The molecule has 0 unspecified atom stereocenters. The summed E-state index contributed by atoms with van der Waals surface area (Å²) in [5, 5.41) is 9.96. The first-order valence-corrected chi connectivity index (χ1v) is 9.35. The third-order valence-corrected chi connectivity index (χ3v) is 6.89. The van der Waals surface area contributed by atoms with Crippen molar-refractivity contribution in [1.29, 1.82) is 0 Å². The first-order chi connectivity index (χ1) is 11.4. The number of hydrogen-bond acceptors (Lipinski definition) is 2. The lowest BCUT2D eigenvalue weighted by Crippen LogP contribution is -2.53. The normalized spacial score (nSPS) is 32.5. The Labute approximate surface area is 146 Å². The highest BCUT2D eigenvalue weighted by Crippen LogP contribution is 2.60. The van der Waals surface area contributed by atoms with Crippen LogP contribution < -0.4 is 0 Å². The minimum Gasteiger partial charge on any atom is -0.392 e. The molecule has 2 aliphatic rings. The van der Waals surface area contributed by atoms with E-state index in [0.29, 0.717) is 12.5 Å². The summed E-state index contributed by atoms with van der Waals surface area (Å²) >= 11 is 0. The van der Waals surface area contributed by atoms with E-state index < -0.39 is 0 Å². The van der Waals surface area contributed by atoms with Gasteiger partial charge in [0.15, 0.2) is 0 Å². The van der Waals surface area contributed by atoms with Gasteiger partial charge in [-0.3, -0.25) is 0 Å². The Hall–Kier alpha value is -1.12. The number of hydrogen-bond donors (Lipinski definition) is 1. The van der Waals surface area contributed by atoms with E-state index in [1.807, 2.05) is 6.07 Å². The van der Waals surface area contributed by atoms with Gasteiger partial charge in [0.25, 0.3) is 0 Å². The lowest BCUT2D eigenvalue weighted by molar-refractivity contribution is -0.128. The van der Waals surface area contributed by atoms with E-state index in [4.69, 9.17) is 4.74 Å². The maximum atomic E-state index is 9.96. The molecule has 0 saturated heterocycles. The fraction of sp³-hybridized carbons (Fsp3) is 0.636. The van der Waals surface area contributed by atoms with Crippen LogP contribution in [0.2, 0.25) is 0 Å². The molecule has 0 spiro atoms. The second-order valence-electron chi connectivity index (χ2n) is 8.57. The molecule has 0 aliphatic heterocycles. The highest BCUT2D eigenvalue weighted by atomic mass is 16.5. The molecule has 0 amide bonds. The quantitative estimate of drug-likeness (QED) is 0.778. The zero-order valence-corrected chi connectivity index (χ0v) is 15.6.